The molecule has 0 aliphatic rings. The number of nitrogens with zero attached hydrogens (tertiary/aromatic N) is 1. The lowest BCUT2D eigenvalue weighted by atomic mass is 10.0. The Hall–Kier alpha value is -2.33. The van der Waals surface area contributed by atoms with E-state index in [9.17, 15) is 9.90 Å². The van der Waals surface area contributed by atoms with Crippen molar-refractivity contribution in [3.63, 3.8) is 0 Å². The van der Waals surface area contributed by atoms with Gasteiger partial charge in [0.05, 0.1) is 19.8 Å². The summed E-state index contributed by atoms with van der Waals surface area (Å²) in [6.07, 6.45) is -0.735. The number of benzene rings is 2. The van der Waals surface area contributed by atoms with Gasteiger partial charge < -0.3 is 14.7 Å². The molecule has 0 bridgehead atoms. The summed E-state index contributed by atoms with van der Waals surface area (Å²) in [6.45, 7) is 4.23. The third kappa shape index (κ3) is 4.11. The number of aliphatic hydroxyl groups is 1. The van der Waals surface area contributed by atoms with E-state index in [-0.39, 0.29) is 12.5 Å². The number of likely N-dealkylation sites (N-methyl/N-ethyl adjacent to an activating group) is 1. The van der Waals surface area contributed by atoms with E-state index >= 15 is 0 Å². The second kappa shape index (κ2) is 7.29. The fourth-order valence-corrected chi connectivity index (χ4v) is 2.37. The summed E-state index contributed by atoms with van der Waals surface area (Å²) in [5.74, 6) is 0.640. The van der Waals surface area contributed by atoms with Crippen LogP contribution in [0.3, 0.4) is 0 Å². The molecule has 0 saturated heterocycles. The molecule has 4 nitrogen and oxygen atoms in total. The average molecular weight is 313 g/mol. The molecule has 0 heterocycles. The zero-order valence-corrected chi connectivity index (χ0v) is 14.0. The molecule has 1 N–H and O–H groups in total. The monoisotopic (exact) mass is 313 g/mol. The molecule has 4 heteroatoms. The standard InChI is InChI=1S/C19H23NO3/c1-13-5-6-16(11-14(13)2)19(22)20(3)12-18(21)15-7-9-17(23-4)10-8-15/h5-11,18,21H,12H2,1-4H3. The minimum absolute atomic E-state index is 0.0966. The number of aryl methyl sites for hydroxylation is 2. The second-order valence-corrected chi connectivity index (χ2v) is 5.77. The number of rotatable bonds is 5. The van der Waals surface area contributed by atoms with Crippen molar-refractivity contribution in [1.82, 2.24) is 4.90 Å². The summed E-state index contributed by atoms with van der Waals surface area (Å²) in [4.78, 5) is 14.0. The number of carbonyl (C=O) groups excluding carboxylic acids is 1. The van der Waals surface area contributed by atoms with Crippen LogP contribution >= 0.6 is 0 Å². The van der Waals surface area contributed by atoms with Gasteiger partial charge in [-0.15, -0.1) is 0 Å². The molecule has 1 atom stereocenters. The highest BCUT2D eigenvalue weighted by Crippen LogP contribution is 2.19. The SMILES string of the molecule is COc1ccc(C(O)CN(C)C(=O)c2ccc(C)c(C)c2)cc1. The van der Waals surface area contributed by atoms with Gasteiger partial charge in [-0.25, -0.2) is 0 Å². The average Bonchev–Trinajstić information content (AvgIpc) is 2.56. The van der Waals surface area contributed by atoms with E-state index in [4.69, 9.17) is 4.74 Å². The van der Waals surface area contributed by atoms with Gasteiger partial charge in [0, 0.05) is 12.6 Å². The van der Waals surface area contributed by atoms with Gasteiger partial charge in [-0.2, -0.15) is 0 Å². The molecular weight excluding hydrogens is 290 g/mol. The largest absolute Gasteiger partial charge is 0.497 e. The molecule has 1 amide bonds. The topological polar surface area (TPSA) is 49.8 Å². The Balaban J connectivity index is 2.05. The van der Waals surface area contributed by atoms with E-state index in [0.29, 0.717) is 5.56 Å². The van der Waals surface area contributed by atoms with Crippen molar-refractivity contribution in [2.24, 2.45) is 0 Å². The van der Waals surface area contributed by atoms with Gasteiger partial charge >= 0.3 is 0 Å². The van der Waals surface area contributed by atoms with E-state index in [1.807, 2.05) is 32.0 Å². The fourth-order valence-electron chi connectivity index (χ4n) is 2.37. The first kappa shape index (κ1) is 17.0. The van der Waals surface area contributed by atoms with Gasteiger partial charge in [-0.1, -0.05) is 18.2 Å². The minimum Gasteiger partial charge on any atom is -0.497 e. The molecule has 2 aromatic rings. The summed E-state index contributed by atoms with van der Waals surface area (Å²) in [7, 11) is 3.30. The van der Waals surface area contributed by atoms with Gasteiger partial charge in [-0.05, 0) is 54.8 Å². The highest BCUT2D eigenvalue weighted by Gasteiger charge is 2.17. The first-order valence-corrected chi connectivity index (χ1v) is 7.57. The summed E-state index contributed by atoms with van der Waals surface area (Å²) >= 11 is 0. The Morgan fingerprint density at radius 2 is 1.78 bits per heavy atom. The third-order valence-electron chi connectivity index (χ3n) is 4.05. The maximum absolute atomic E-state index is 12.5. The van der Waals surface area contributed by atoms with Crippen LogP contribution in [-0.2, 0) is 0 Å². The fraction of sp³-hybridized carbons (Fsp3) is 0.316. The Bertz CT molecular complexity index is 680. The molecule has 0 aliphatic carbocycles. The highest BCUT2D eigenvalue weighted by atomic mass is 16.5. The first-order valence-electron chi connectivity index (χ1n) is 7.57. The van der Waals surface area contributed by atoms with Crippen molar-refractivity contribution in [3.8, 4) is 5.75 Å². The van der Waals surface area contributed by atoms with Crippen LogP contribution in [0, 0.1) is 13.8 Å². The molecule has 0 fully saturated rings. The van der Waals surface area contributed by atoms with Gasteiger partial charge in [-0.3, -0.25) is 4.79 Å². The van der Waals surface area contributed by atoms with Crippen molar-refractivity contribution >= 4 is 5.91 Å². The molecule has 0 aliphatic heterocycles. The number of hydrogen-bond donors (Lipinski definition) is 1. The van der Waals surface area contributed by atoms with Crippen molar-refractivity contribution in [1.29, 1.82) is 0 Å². The molecule has 0 aromatic heterocycles. The molecule has 0 saturated carbocycles. The van der Waals surface area contributed by atoms with Gasteiger partial charge in [0.15, 0.2) is 0 Å². The number of carbonyl (C=O) groups is 1. The minimum atomic E-state index is -0.735. The smallest absolute Gasteiger partial charge is 0.253 e. The van der Waals surface area contributed by atoms with Gasteiger partial charge in [0.25, 0.3) is 5.91 Å². The first-order chi connectivity index (χ1) is 10.9. The number of methoxy groups -OCH3 is 1. The Morgan fingerprint density at radius 3 is 2.35 bits per heavy atom. The lowest BCUT2D eigenvalue weighted by Crippen LogP contribution is -2.31. The number of hydrogen-bond acceptors (Lipinski definition) is 3. The number of aliphatic hydroxyl groups excluding tert-OH is 1. The predicted molar refractivity (Wildman–Crippen MR) is 90.8 cm³/mol. The van der Waals surface area contributed by atoms with Crippen molar-refractivity contribution in [3.05, 3.63) is 64.7 Å². The van der Waals surface area contributed by atoms with E-state index in [1.54, 1.807) is 43.3 Å². The third-order valence-corrected chi connectivity index (χ3v) is 4.05. The van der Waals surface area contributed by atoms with E-state index < -0.39 is 6.10 Å². The number of ether oxygens (including phenoxy) is 1. The van der Waals surface area contributed by atoms with Crippen LogP contribution in [0.25, 0.3) is 0 Å². The molecule has 2 aromatic carbocycles. The zero-order chi connectivity index (χ0) is 17.0. The van der Waals surface area contributed by atoms with Crippen molar-refractivity contribution in [2.45, 2.75) is 20.0 Å². The van der Waals surface area contributed by atoms with E-state index in [2.05, 4.69) is 0 Å². The normalized spacial score (nSPS) is 11.9. The van der Waals surface area contributed by atoms with Crippen LogP contribution in [0.2, 0.25) is 0 Å². The lowest BCUT2D eigenvalue weighted by Gasteiger charge is -2.21. The summed E-state index contributed by atoms with van der Waals surface area (Å²) < 4.78 is 5.10. The predicted octanol–water partition coefficient (Wildman–Crippen LogP) is 3.12. The molecule has 0 radical (unpaired) electrons. The zero-order valence-electron chi connectivity index (χ0n) is 14.0. The van der Waals surface area contributed by atoms with Gasteiger partial charge in [0.1, 0.15) is 5.75 Å². The van der Waals surface area contributed by atoms with Crippen LogP contribution in [0.15, 0.2) is 42.5 Å². The maximum atomic E-state index is 12.5. The second-order valence-electron chi connectivity index (χ2n) is 5.77. The van der Waals surface area contributed by atoms with E-state index in [0.717, 1.165) is 22.4 Å². The molecule has 23 heavy (non-hydrogen) atoms. The lowest BCUT2D eigenvalue weighted by molar-refractivity contribution is 0.0681. The van der Waals surface area contributed by atoms with Crippen molar-refractivity contribution < 1.29 is 14.6 Å². The van der Waals surface area contributed by atoms with Crippen LogP contribution in [0.1, 0.15) is 33.2 Å². The van der Waals surface area contributed by atoms with Crippen LogP contribution in [0.4, 0.5) is 0 Å². The van der Waals surface area contributed by atoms with Gasteiger partial charge in [0.2, 0.25) is 0 Å². The molecule has 2 rings (SSSR count). The summed E-state index contributed by atoms with van der Waals surface area (Å²) in [5.41, 5.74) is 3.63. The summed E-state index contributed by atoms with van der Waals surface area (Å²) in [6, 6.07) is 12.8. The summed E-state index contributed by atoms with van der Waals surface area (Å²) in [5, 5.41) is 10.3. The van der Waals surface area contributed by atoms with Crippen molar-refractivity contribution in [2.75, 3.05) is 20.7 Å². The highest BCUT2D eigenvalue weighted by molar-refractivity contribution is 5.94. The van der Waals surface area contributed by atoms with Crippen LogP contribution < -0.4 is 4.74 Å². The van der Waals surface area contributed by atoms with Crippen LogP contribution in [-0.4, -0.2) is 36.6 Å². The maximum Gasteiger partial charge on any atom is 0.253 e. The molecule has 0 spiro atoms. The molecule has 122 valence electrons. The van der Waals surface area contributed by atoms with Crippen LogP contribution in [0.5, 0.6) is 5.75 Å². The Morgan fingerprint density at radius 1 is 1.13 bits per heavy atom. The van der Waals surface area contributed by atoms with E-state index in [1.165, 1.54) is 0 Å². The molecule has 1 unspecified atom stereocenters. The molecular formula is C19H23NO3. The Labute approximate surface area is 137 Å². The Kier molecular flexibility index (Phi) is 5.40. The quantitative estimate of drug-likeness (QED) is 0.922. The number of amides is 1.